The van der Waals surface area contributed by atoms with Gasteiger partial charge in [-0.3, -0.25) is 4.79 Å². The third kappa shape index (κ3) is 3.19. The summed E-state index contributed by atoms with van der Waals surface area (Å²) in [7, 11) is 0. The van der Waals surface area contributed by atoms with Crippen LogP contribution in [0.25, 0.3) is 16.3 Å². The Bertz CT molecular complexity index is 989. The monoisotopic (exact) mass is 363 g/mol. The van der Waals surface area contributed by atoms with Crippen LogP contribution in [-0.2, 0) is 0 Å². The molecule has 0 radical (unpaired) electrons. The van der Waals surface area contributed by atoms with E-state index in [1.165, 1.54) is 0 Å². The number of nitrogens with one attached hydrogen (secondary N) is 1. The Kier molecular flexibility index (Phi) is 4.41. The summed E-state index contributed by atoms with van der Waals surface area (Å²) in [5.74, 6) is 0.510. The van der Waals surface area contributed by atoms with Gasteiger partial charge in [0.15, 0.2) is 0 Å². The second-order valence-corrected chi connectivity index (χ2v) is 6.80. The predicted molar refractivity (Wildman–Crippen MR) is 101 cm³/mol. The first kappa shape index (κ1) is 16.4. The number of benzene rings is 1. The van der Waals surface area contributed by atoms with Crippen LogP contribution in [-0.4, -0.2) is 15.7 Å². The minimum absolute atomic E-state index is 0.201. The zero-order chi connectivity index (χ0) is 17.9. The van der Waals surface area contributed by atoms with E-state index in [2.05, 4.69) is 10.4 Å². The van der Waals surface area contributed by atoms with Crippen molar-refractivity contribution in [3.05, 3.63) is 83.8 Å². The van der Waals surface area contributed by atoms with Crippen LogP contribution in [0.4, 0.5) is 0 Å². The van der Waals surface area contributed by atoms with Crippen molar-refractivity contribution in [1.82, 2.24) is 15.1 Å². The first-order chi connectivity index (χ1) is 12.7. The van der Waals surface area contributed by atoms with E-state index in [0.29, 0.717) is 11.5 Å². The summed E-state index contributed by atoms with van der Waals surface area (Å²) in [4.78, 5) is 13.9. The van der Waals surface area contributed by atoms with Gasteiger partial charge in [0.05, 0.1) is 22.9 Å². The number of nitrogens with zero attached hydrogens (tertiary/aromatic N) is 2. The van der Waals surface area contributed by atoms with Gasteiger partial charge in [0.1, 0.15) is 17.1 Å². The Labute approximate surface area is 154 Å². The molecule has 0 aliphatic heterocycles. The molecule has 4 rings (SSSR count). The lowest BCUT2D eigenvalue weighted by atomic mass is 10.2. The summed E-state index contributed by atoms with van der Waals surface area (Å²) < 4.78 is 7.06. The number of furan rings is 1. The van der Waals surface area contributed by atoms with Crippen molar-refractivity contribution in [2.45, 2.75) is 13.0 Å². The third-order valence-electron chi connectivity index (χ3n) is 4.03. The zero-order valence-corrected chi connectivity index (χ0v) is 14.9. The lowest BCUT2D eigenvalue weighted by molar-refractivity contribution is 0.0927. The van der Waals surface area contributed by atoms with Crippen LogP contribution in [0.3, 0.4) is 0 Å². The summed E-state index contributed by atoms with van der Waals surface area (Å²) in [5.41, 5.74) is 2.10. The van der Waals surface area contributed by atoms with E-state index in [4.69, 9.17) is 4.42 Å². The van der Waals surface area contributed by atoms with E-state index in [0.717, 1.165) is 16.3 Å². The van der Waals surface area contributed by atoms with Crippen LogP contribution in [0.2, 0.25) is 0 Å². The average molecular weight is 363 g/mol. The van der Waals surface area contributed by atoms with Gasteiger partial charge in [-0.15, -0.1) is 11.3 Å². The molecule has 1 amide bonds. The minimum atomic E-state index is -0.234. The lowest BCUT2D eigenvalue weighted by Crippen LogP contribution is -2.28. The molecule has 1 atom stereocenters. The number of rotatable bonds is 5. The van der Waals surface area contributed by atoms with Crippen molar-refractivity contribution >= 4 is 17.2 Å². The summed E-state index contributed by atoms with van der Waals surface area (Å²) in [6.45, 7) is 1.89. The minimum Gasteiger partial charge on any atom is -0.467 e. The van der Waals surface area contributed by atoms with E-state index >= 15 is 0 Å². The van der Waals surface area contributed by atoms with Gasteiger partial charge in [0.2, 0.25) is 0 Å². The lowest BCUT2D eigenvalue weighted by Gasteiger charge is -2.12. The van der Waals surface area contributed by atoms with Crippen molar-refractivity contribution in [1.29, 1.82) is 0 Å². The van der Waals surface area contributed by atoms with Gasteiger partial charge < -0.3 is 9.73 Å². The van der Waals surface area contributed by atoms with E-state index in [1.54, 1.807) is 28.3 Å². The second-order valence-electron chi connectivity index (χ2n) is 5.85. The second kappa shape index (κ2) is 7.01. The fraction of sp³-hybridized carbons (Fsp3) is 0.100. The Morgan fingerprint density at radius 1 is 1.15 bits per heavy atom. The Hall–Kier alpha value is -3.12. The molecule has 0 saturated carbocycles. The molecule has 0 saturated heterocycles. The number of thiophene rings is 1. The molecule has 5 nitrogen and oxygen atoms in total. The van der Waals surface area contributed by atoms with Crippen molar-refractivity contribution in [3.8, 4) is 16.3 Å². The highest BCUT2D eigenvalue weighted by Gasteiger charge is 2.20. The predicted octanol–water partition coefficient (Wildman–Crippen LogP) is 4.68. The smallest absolute Gasteiger partial charge is 0.270 e. The number of carbonyl (C=O) groups is 1. The topological polar surface area (TPSA) is 60.1 Å². The maximum absolute atomic E-state index is 12.9. The summed E-state index contributed by atoms with van der Waals surface area (Å²) in [6, 6.07) is 18.9. The number of hydrogen-bond acceptors (Lipinski definition) is 4. The van der Waals surface area contributed by atoms with Crippen LogP contribution >= 0.6 is 11.3 Å². The Balaban J connectivity index is 1.70. The number of amides is 1. The van der Waals surface area contributed by atoms with Crippen molar-refractivity contribution in [2.24, 2.45) is 0 Å². The molecule has 3 aromatic heterocycles. The highest BCUT2D eigenvalue weighted by molar-refractivity contribution is 7.13. The molecular formula is C20H17N3O2S. The number of para-hydroxylation sites is 1. The standard InChI is InChI=1S/C20H17N3O2S/c1-14(18-9-5-11-25-18)21-20(24)17-13-16(19-10-6-12-26-19)22-23(17)15-7-3-2-4-8-15/h2-14H,1H3,(H,21,24)/t14-/m1/s1. The third-order valence-corrected chi connectivity index (χ3v) is 4.93. The molecular weight excluding hydrogens is 346 g/mol. The molecule has 1 aromatic carbocycles. The molecule has 0 fully saturated rings. The molecule has 0 unspecified atom stereocenters. The van der Waals surface area contributed by atoms with E-state index < -0.39 is 0 Å². The van der Waals surface area contributed by atoms with Gasteiger partial charge in [-0.25, -0.2) is 4.68 Å². The van der Waals surface area contributed by atoms with E-state index in [-0.39, 0.29) is 11.9 Å². The van der Waals surface area contributed by atoms with Crippen LogP contribution in [0, 0.1) is 0 Å². The Morgan fingerprint density at radius 2 is 2.00 bits per heavy atom. The fourth-order valence-corrected chi connectivity index (χ4v) is 3.41. The fourth-order valence-electron chi connectivity index (χ4n) is 2.73. The summed E-state index contributed by atoms with van der Waals surface area (Å²) in [5, 5.41) is 9.63. The van der Waals surface area contributed by atoms with Crippen LogP contribution < -0.4 is 5.32 Å². The molecule has 1 N–H and O–H groups in total. The maximum Gasteiger partial charge on any atom is 0.270 e. The van der Waals surface area contributed by atoms with Gasteiger partial charge in [0.25, 0.3) is 5.91 Å². The molecule has 0 aliphatic carbocycles. The van der Waals surface area contributed by atoms with E-state index in [9.17, 15) is 4.79 Å². The molecule has 4 aromatic rings. The van der Waals surface area contributed by atoms with Gasteiger partial charge >= 0.3 is 0 Å². The molecule has 0 spiro atoms. The average Bonchev–Trinajstić information content (AvgIpc) is 3.43. The van der Waals surface area contributed by atoms with Gasteiger partial charge in [-0.05, 0) is 48.7 Å². The molecule has 3 heterocycles. The van der Waals surface area contributed by atoms with Crippen molar-refractivity contribution in [3.63, 3.8) is 0 Å². The molecule has 130 valence electrons. The van der Waals surface area contributed by atoms with E-state index in [1.807, 2.05) is 66.9 Å². The van der Waals surface area contributed by atoms with Crippen LogP contribution in [0.1, 0.15) is 29.2 Å². The Morgan fingerprint density at radius 3 is 2.69 bits per heavy atom. The van der Waals surface area contributed by atoms with Crippen LogP contribution in [0.15, 0.2) is 76.7 Å². The number of carbonyl (C=O) groups excluding carboxylic acids is 1. The van der Waals surface area contributed by atoms with Gasteiger partial charge in [-0.1, -0.05) is 24.3 Å². The highest BCUT2D eigenvalue weighted by Crippen LogP contribution is 2.26. The van der Waals surface area contributed by atoms with Crippen molar-refractivity contribution in [2.75, 3.05) is 0 Å². The summed E-state index contributed by atoms with van der Waals surface area (Å²) in [6.07, 6.45) is 1.60. The zero-order valence-electron chi connectivity index (χ0n) is 14.1. The maximum atomic E-state index is 12.9. The van der Waals surface area contributed by atoms with Crippen LogP contribution in [0.5, 0.6) is 0 Å². The molecule has 6 heteroatoms. The number of aromatic nitrogens is 2. The van der Waals surface area contributed by atoms with Gasteiger partial charge in [0, 0.05) is 0 Å². The molecule has 0 aliphatic rings. The largest absolute Gasteiger partial charge is 0.467 e. The van der Waals surface area contributed by atoms with Gasteiger partial charge in [-0.2, -0.15) is 5.10 Å². The normalized spacial score (nSPS) is 12.0. The SMILES string of the molecule is C[C@@H](NC(=O)c1cc(-c2cccs2)nn1-c1ccccc1)c1ccco1. The first-order valence-corrected chi connectivity index (χ1v) is 9.14. The quantitative estimate of drug-likeness (QED) is 0.560. The number of hydrogen-bond donors (Lipinski definition) is 1. The highest BCUT2D eigenvalue weighted by atomic mass is 32.1. The summed E-state index contributed by atoms with van der Waals surface area (Å²) >= 11 is 1.59. The molecule has 26 heavy (non-hydrogen) atoms. The molecule has 0 bridgehead atoms. The van der Waals surface area contributed by atoms with Crippen molar-refractivity contribution < 1.29 is 9.21 Å². The first-order valence-electron chi connectivity index (χ1n) is 8.26.